The van der Waals surface area contributed by atoms with Crippen LogP contribution in [0.25, 0.3) is 0 Å². The average molecular weight is 390 g/mol. The number of amides is 4. The zero-order valence-electron chi connectivity index (χ0n) is 16.0. The summed E-state index contributed by atoms with van der Waals surface area (Å²) in [6, 6.07) is 6.74. The molecule has 0 aromatic heterocycles. The summed E-state index contributed by atoms with van der Waals surface area (Å²) in [7, 11) is 0. The van der Waals surface area contributed by atoms with Gasteiger partial charge in [-0.3, -0.25) is 29.0 Å². The molecule has 3 aliphatic carbocycles. The molecule has 0 radical (unpaired) electrons. The number of fused-ring (bicyclic) bond motifs is 6. The van der Waals surface area contributed by atoms with Crippen LogP contribution in [0.15, 0.2) is 36.4 Å². The molecule has 6 heteroatoms. The van der Waals surface area contributed by atoms with Gasteiger partial charge in [-0.2, -0.15) is 0 Å². The third-order valence-electron chi connectivity index (χ3n) is 7.68. The van der Waals surface area contributed by atoms with Gasteiger partial charge < -0.3 is 0 Å². The lowest BCUT2D eigenvalue weighted by Gasteiger charge is -2.19. The van der Waals surface area contributed by atoms with E-state index >= 15 is 0 Å². The topological polar surface area (TPSA) is 74.8 Å². The van der Waals surface area contributed by atoms with E-state index in [1.165, 1.54) is 9.80 Å². The molecule has 6 nitrogen and oxygen atoms in total. The highest BCUT2D eigenvalue weighted by molar-refractivity contribution is 6.24. The van der Waals surface area contributed by atoms with Gasteiger partial charge in [0.2, 0.25) is 23.6 Å². The minimum Gasteiger partial charge on any atom is -0.274 e. The molecule has 6 rings (SSSR count). The first-order valence-corrected chi connectivity index (χ1v) is 10.6. The maximum atomic E-state index is 13.0. The monoisotopic (exact) mass is 390 g/mol. The van der Waals surface area contributed by atoms with E-state index in [1.807, 2.05) is 0 Å². The highest BCUT2D eigenvalue weighted by Crippen LogP contribution is 2.53. The van der Waals surface area contributed by atoms with E-state index in [9.17, 15) is 19.2 Å². The van der Waals surface area contributed by atoms with E-state index in [0.29, 0.717) is 11.4 Å². The third kappa shape index (κ3) is 2.17. The second-order valence-corrected chi connectivity index (χ2v) is 9.04. The van der Waals surface area contributed by atoms with Gasteiger partial charge in [-0.25, -0.2) is 0 Å². The number of benzene rings is 1. The van der Waals surface area contributed by atoms with Crippen molar-refractivity contribution in [2.75, 3.05) is 9.80 Å². The Morgan fingerprint density at radius 3 is 1.48 bits per heavy atom. The van der Waals surface area contributed by atoms with Crippen molar-refractivity contribution in [3.05, 3.63) is 36.4 Å². The molecular weight excluding hydrogens is 368 g/mol. The fraction of sp³-hybridized carbons (Fsp3) is 0.478. The van der Waals surface area contributed by atoms with Crippen LogP contribution in [0, 0.1) is 35.5 Å². The Balaban J connectivity index is 1.28. The molecule has 2 aliphatic heterocycles. The van der Waals surface area contributed by atoms with Crippen LogP contribution in [0.1, 0.15) is 32.1 Å². The van der Waals surface area contributed by atoms with Crippen LogP contribution in [0.2, 0.25) is 0 Å². The van der Waals surface area contributed by atoms with Gasteiger partial charge in [0.1, 0.15) is 0 Å². The summed E-state index contributed by atoms with van der Waals surface area (Å²) >= 11 is 0. The molecule has 2 heterocycles. The lowest BCUT2D eigenvalue weighted by atomic mass is 9.81. The number of carbonyl (C=O) groups excluding carboxylic acids is 4. The van der Waals surface area contributed by atoms with Gasteiger partial charge in [-0.15, -0.1) is 0 Å². The molecule has 0 unspecified atom stereocenters. The lowest BCUT2D eigenvalue weighted by molar-refractivity contribution is -0.124. The fourth-order valence-corrected chi connectivity index (χ4v) is 6.32. The average Bonchev–Trinajstić information content (AvgIpc) is 3.47. The summed E-state index contributed by atoms with van der Waals surface area (Å²) in [4.78, 5) is 54.1. The van der Waals surface area contributed by atoms with Crippen LogP contribution in [0.5, 0.6) is 0 Å². The molecule has 0 spiro atoms. The van der Waals surface area contributed by atoms with Crippen molar-refractivity contribution < 1.29 is 19.2 Å². The Morgan fingerprint density at radius 2 is 1.03 bits per heavy atom. The molecule has 5 aliphatic rings. The van der Waals surface area contributed by atoms with Crippen LogP contribution in [-0.2, 0) is 19.2 Å². The van der Waals surface area contributed by atoms with Crippen molar-refractivity contribution in [3.8, 4) is 0 Å². The van der Waals surface area contributed by atoms with Crippen LogP contribution >= 0.6 is 0 Å². The Kier molecular flexibility index (Phi) is 3.47. The van der Waals surface area contributed by atoms with Crippen molar-refractivity contribution in [1.82, 2.24) is 0 Å². The third-order valence-corrected chi connectivity index (χ3v) is 7.68. The molecule has 1 aromatic rings. The second-order valence-electron chi connectivity index (χ2n) is 9.04. The number of carbonyl (C=O) groups is 4. The second kappa shape index (κ2) is 5.88. The van der Waals surface area contributed by atoms with Crippen LogP contribution in [-0.4, -0.2) is 23.6 Å². The van der Waals surface area contributed by atoms with Gasteiger partial charge >= 0.3 is 0 Å². The van der Waals surface area contributed by atoms with Crippen molar-refractivity contribution >= 4 is 35.0 Å². The van der Waals surface area contributed by atoms with E-state index in [1.54, 1.807) is 24.3 Å². The minimum atomic E-state index is -0.234. The maximum Gasteiger partial charge on any atom is 0.238 e. The number of nitrogens with zero attached hydrogens (tertiary/aromatic N) is 2. The highest BCUT2D eigenvalue weighted by Gasteiger charge is 2.59. The van der Waals surface area contributed by atoms with Gasteiger partial charge in [0.05, 0.1) is 35.0 Å². The zero-order valence-corrected chi connectivity index (χ0v) is 16.0. The number of hydrogen-bond acceptors (Lipinski definition) is 4. The zero-order chi connectivity index (χ0) is 19.9. The van der Waals surface area contributed by atoms with E-state index < -0.39 is 0 Å². The largest absolute Gasteiger partial charge is 0.274 e. The number of hydrogen-bond donors (Lipinski definition) is 0. The Labute approximate surface area is 168 Å². The summed E-state index contributed by atoms with van der Waals surface area (Å²) in [5.41, 5.74) is 1.05. The predicted molar refractivity (Wildman–Crippen MR) is 105 cm³/mol. The Morgan fingerprint density at radius 1 is 0.621 bits per heavy atom. The normalized spacial score (nSPS) is 37.7. The number of allylic oxidation sites excluding steroid dienone is 2. The van der Waals surface area contributed by atoms with Gasteiger partial charge in [0.25, 0.3) is 0 Å². The molecule has 6 atom stereocenters. The molecule has 2 saturated carbocycles. The fourth-order valence-electron chi connectivity index (χ4n) is 6.32. The standard InChI is InChI=1S/C23H22N2O4/c26-20-16-3-1-2-4-17(16)21(27)24(20)14-7-9-15(10-8-14)25-22(28)18-12-5-6-13(11-12)19(18)23(25)29/h5-10,12-13,16-19H,1-4,11H2/t12-,13-,16-,17+,18-,19+/m0/s1. The van der Waals surface area contributed by atoms with Crippen LogP contribution < -0.4 is 9.80 Å². The summed E-state index contributed by atoms with van der Waals surface area (Å²) in [6.07, 6.45) is 8.60. The molecule has 4 amide bonds. The van der Waals surface area contributed by atoms with Crippen molar-refractivity contribution in [2.24, 2.45) is 35.5 Å². The van der Waals surface area contributed by atoms with Gasteiger partial charge in [0.15, 0.2) is 0 Å². The summed E-state index contributed by atoms with van der Waals surface area (Å²) in [5, 5.41) is 0. The summed E-state index contributed by atoms with van der Waals surface area (Å²) in [6.45, 7) is 0. The van der Waals surface area contributed by atoms with E-state index in [2.05, 4.69) is 12.2 Å². The molecule has 1 aromatic carbocycles. The molecule has 29 heavy (non-hydrogen) atoms. The van der Waals surface area contributed by atoms with Gasteiger partial charge in [0, 0.05) is 0 Å². The first kappa shape index (κ1) is 17.1. The SMILES string of the molecule is O=C1[C@@H]2[C@H](C(=O)N1c1ccc(N3C(=O)[C@H]4CCCC[C@H]4C3=O)cc1)[C@H]1C=C[C@H]2C1. The number of imide groups is 2. The highest BCUT2D eigenvalue weighted by atomic mass is 16.2. The number of rotatable bonds is 2. The lowest BCUT2D eigenvalue weighted by Crippen LogP contribution is -2.33. The maximum absolute atomic E-state index is 13.0. The molecule has 0 N–H and O–H groups in total. The molecule has 2 bridgehead atoms. The smallest absolute Gasteiger partial charge is 0.238 e. The molecule has 2 saturated heterocycles. The quantitative estimate of drug-likeness (QED) is 0.575. The van der Waals surface area contributed by atoms with Crippen LogP contribution in [0.4, 0.5) is 11.4 Å². The molecule has 148 valence electrons. The van der Waals surface area contributed by atoms with Gasteiger partial charge in [-0.05, 0) is 55.4 Å². The predicted octanol–water partition coefficient (Wildman–Crippen LogP) is 2.68. The summed E-state index contributed by atoms with van der Waals surface area (Å²) < 4.78 is 0. The first-order chi connectivity index (χ1) is 14.1. The van der Waals surface area contributed by atoms with E-state index in [4.69, 9.17) is 0 Å². The Bertz CT molecular complexity index is 927. The summed E-state index contributed by atoms with van der Waals surface area (Å²) in [5.74, 6) is -0.976. The van der Waals surface area contributed by atoms with E-state index in [0.717, 1.165) is 32.1 Å². The van der Waals surface area contributed by atoms with Crippen molar-refractivity contribution in [1.29, 1.82) is 0 Å². The van der Waals surface area contributed by atoms with Crippen molar-refractivity contribution in [2.45, 2.75) is 32.1 Å². The van der Waals surface area contributed by atoms with Gasteiger partial charge in [-0.1, -0.05) is 25.0 Å². The molecular formula is C23H22N2O4. The Hall–Kier alpha value is -2.76. The first-order valence-electron chi connectivity index (χ1n) is 10.6. The van der Waals surface area contributed by atoms with Crippen LogP contribution in [0.3, 0.4) is 0 Å². The van der Waals surface area contributed by atoms with Crippen molar-refractivity contribution in [3.63, 3.8) is 0 Å². The number of anilines is 2. The molecule has 4 fully saturated rings. The van der Waals surface area contributed by atoms with E-state index in [-0.39, 0.29) is 59.1 Å². The minimum absolute atomic E-state index is 0.113.